The molecule has 0 saturated carbocycles. The van der Waals surface area contributed by atoms with Crippen molar-refractivity contribution in [1.82, 2.24) is 14.9 Å². The van der Waals surface area contributed by atoms with Crippen molar-refractivity contribution < 1.29 is 4.79 Å². The Morgan fingerprint density at radius 2 is 1.86 bits per heavy atom. The number of anilines is 1. The van der Waals surface area contributed by atoms with Gasteiger partial charge in [-0.1, -0.05) is 18.2 Å². The van der Waals surface area contributed by atoms with Crippen LogP contribution in [0.15, 0.2) is 41.8 Å². The number of para-hydroxylation sites is 1. The van der Waals surface area contributed by atoms with Gasteiger partial charge in [0, 0.05) is 38.0 Å². The van der Waals surface area contributed by atoms with Gasteiger partial charge in [0.2, 0.25) is 5.91 Å². The van der Waals surface area contributed by atoms with Gasteiger partial charge in [0.25, 0.3) is 0 Å². The van der Waals surface area contributed by atoms with Gasteiger partial charge in [0.15, 0.2) is 5.82 Å². The molecule has 29 heavy (non-hydrogen) atoms. The van der Waals surface area contributed by atoms with Crippen LogP contribution in [0.2, 0.25) is 0 Å². The molecule has 1 aromatic carbocycles. The zero-order valence-electron chi connectivity index (χ0n) is 16.6. The van der Waals surface area contributed by atoms with Gasteiger partial charge in [-0.05, 0) is 55.2 Å². The van der Waals surface area contributed by atoms with Gasteiger partial charge in [-0.25, -0.2) is 9.97 Å². The van der Waals surface area contributed by atoms with E-state index in [1.165, 1.54) is 0 Å². The summed E-state index contributed by atoms with van der Waals surface area (Å²) in [4.78, 5) is 27.5. The molecule has 150 valence electrons. The Morgan fingerprint density at radius 1 is 1.00 bits per heavy atom. The van der Waals surface area contributed by atoms with Crippen LogP contribution in [-0.4, -0.2) is 47.0 Å². The van der Waals surface area contributed by atoms with Crippen LogP contribution in [0.1, 0.15) is 32.1 Å². The van der Waals surface area contributed by atoms with E-state index in [0.29, 0.717) is 11.8 Å². The first-order valence-corrected chi connectivity index (χ1v) is 11.5. The molecular formula is C23H26N4OS. The number of amides is 1. The van der Waals surface area contributed by atoms with E-state index in [4.69, 9.17) is 9.97 Å². The topological polar surface area (TPSA) is 49.3 Å². The third-order valence-electron chi connectivity index (χ3n) is 6.14. The summed E-state index contributed by atoms with van der Waals surface area (Å²) in [6.07, 6.45) is 5.16. The average molecular weight is 407 g/mol. The third kappa shape index (κ3) is 3.86. The first kappa shape index (κ1) is 18.6. The fourth-order valence-corrected chi connectivity index (χ4v) is 5.17. The predicted octanol–water partition coefficient (Wildman–Crippen LogP) is 4.59. The lowest BCUT2D eigenvalue weighted by atomic mass is 9.95. The van der Waals surface area contributed by atoms with Gasteiger partial charge >= 0.3 is 0 Å². The molecule has 5 nitrogen and oxygen atoms in total. The molecule has 3 aromatic rings. The normalized spacial score (nSPS) is 18.6. The summed E-state index contributed by atoms with van der Waals surface area (Å²) in [5.74, 6) is 2.81. The maximum Gasteiger partial charge on any atom is 0.222 e. The van der Waals surface area contributed by atoms with Gasteiger partial charge in [-0.3, -0.25) is 4.79 Å². The summed E-state index contributed by atoms with van der Waals surface area (Å²) in [7, 11) is 0. The standard InChI is InChI=1S/C23H26N4OS/c28-21-9-3-4-12-27(21)16-17-10-13-26(14-11-17)23-18-6-1-2-7-19(18)24-22(25-23)20-8-5-15-29-20/h1-2,5-8,15,17H,3-4,9-14,16H2. The number of aromatic nitrogens is 2. The number of likely N-dealkylation sites (tertiary alicyclic amines) is 1. The molecule has 2 saturated heterocycles. The Bertz CT molecular complexity index is 995. The zero-order chi connectivity index (χ0) is 19.6. The molecule has 2 aromatic heterocycles. The molecule has 0 N–H and O–H groups in total. The van der Waals surface area contributed by atoms with Crippen LogP contribution in [0.5, 0.6) is 0 Å². The molecule has 1 amide bonds. The van der Waals surface area contributed by atoms with Crippen molar-refractivity contribution in [2.24, 2.45) is 5.92 Å². The van der Waals surface area contributed by atoms with Crippen molar-refractivity contribution in [2.45, 2.75) is 32.1 Å². The second-order valence-electron chi connectivity index (χ2n) is 8.09. The summed E-state index contributed by atoms with van der Waals surface area (Å²) < 4.78 is 0. The number of carbonyl (C=O) groups is 1. The van der Waals surface area contributed by atoms with Crippen LogP contribution in [0.4, 0.5) is 5.82 Å². The highest BCUT2D eigenvalue weighted by Gasteiger charge is 2.26. The Morgan fingerprint density at radius 3 is 2.66 bits per heavy atom. The van der Waals surface area contributed by atoms with Crippen LogP contribution in [0, 0.1) is 5.92 Å². The molecule has 5 rings (SSSR count). The fourth-order valence-electron chi connectivity index (χ4n) is 4.51. The first-order valence-electron chi connectivity index (χ1n) is 10.6. The Balaban J connectivity index is 1.35. The molecule has 0 radical (unpaired) electrons. The van der Waals surface area contributed by atoms with Crippen LogP contribution in [-0.2, 0) is 4.79 Å². The number of rotatable bonds is 4. The molecule has 0 spiro atoms. The van der Waals surface area contributed by atoms with Crippen molar-refractivity contribution >= 4 is 34.0 Å². The van der Waals surface area contributed by atoms with Crippen molar-refractivity contribution in [3.63, 3.8) is 0 Å². The number of benzene rings is 1. The number of fused-ring (bicyclic) bond motifs is 1. The Kier molecular flexibility index (Phi) is 5.19. The Labute approximate surface area is 175 Å². The lowest BCUT2D eigenvalue weighted by Crippen LogP contribution is -2.43. The second-order valence-corrected chi connectivity index (χ2v) is 9.04. The SMILES string of the molecule is O=C1CCCCN1CC1CCN(c2nc(-c3cccs3)nc3ccccc23)CC1. The summed E-state index contributed by atoms with van der Waals surface area (Å²) >= 11 is 1.68. The molecule has 4 heterocycles. The molecule has 0 atom stereocenters. The number of hydrogen-bond acceptors (Lipinski definition) is 5. The summed E-state index contributed by atoms with van der Waals surface area (Å²) in [6.45, 7) is 3.84. The lowest BCUT2D eigenvalue weighted by Gasteiger charge is -2.37. The number of thiophene rings is 1. The van der Waals surface area contributed by atoms with Crippen LogP contribution >= 0.6 is 11.3 Å². The van der Waals surface area contributed by atoms with Crippen LogP contribution in [0.3, 0.4) is 0 Å². The van der Waals surface area contributed by atoms with Gasteiger partial charge < -0.3 is 9.80 Å². The maximum atomic E-state index is 12.1. The maximum absolute atomic E-state index is 12.1. The molecule has 2 aliphatic rings. The minimum Gasteiger partial charge on any atom is -0.356 e. The molecule has 0 aliphatic carbocycles. The van der Waals surface area contributed by atoms with Gasteiger partial charge in [0.1, 0.15) is 5.82 Å². The largest absolute Gasteiger partial charge is 0.356 e. The summed E-state index contributed by atoms with van der Waals surface area (Å²) in [5.41, 5.74) is 1.00. The monoisotopic (exact) mass is 406 g/mol. The number of nitrogens with zero attached hydrogens (tertiary/aromatic N) is 4. The molecular weight excluding hydrogens is 380 g/mol. The summed E-state index contributed by atoms with van der Waals surface area (Å²) in [6, 6.07) is 12.4. The molecule has 2 fully saturated rings. The number of carbonyl (C=O) groups excluding carboxylic acids is 1. The van der Waals surface area contributed by atoms with E-state index in [0.717, 1.165) is 85.7 Å². The quantitative estimate of drug-likeness (QED) is 0.636. The molecule has 0 unspecified atom stereocenters. The number of piperidine rings is 2. The Hall–Kier alpha value is -2.47. The van der Waals surface area contributed by atoms with E-state index in [1.807, 2.05) is 12.1 Å². The van der Waals surface area contributed by atoms with E-state index < -0.39 is 0 Å². The second kappa shape index (κ2) is 8.11. The van der Waals surface area contributed by atoms with Crippen molar-refractivity contribution in [3.05, 3.63) is 41.8 Å². The summed E-state index contributed by atoms with van der Waals surface area (Å²) in [5, 5.41) is 3.19. The van der Waals surface area contributed by atoms with E-state index >= 15 is 0 Å². The van der Waals surface area contributed by atoms with E-state index in [1.54, 1.807) is 11.3 Å². The van der Waals surface area contributed by atoms with Gasteiger partial charge in [0.05, 0.1) is 10.4 Å². The minimum absolute atomic E-state index is 0.348. The third-order valence-corrected chi connectivity index (χ3v) is 7.00. The molecule has 0 bridgehead atoms. The number of hydrogen-bond donors (Lipinski definition) is 0. The van der Waals surface area contributed by atoms with Gasteiger partial charge in [-0.15, -0.1) is 11.3 Å². The highest BCUT2D eigenvalue weighted by Crippen LogP contribution is 2.32. The van der Waals surface area contributed by atoms with Crippen LogP contribution < -0.4 is 4.90 Å². The van der Waals surface area contributed by atoms with E-state index in [2.05, 4.69) is 39.4 Å². The van der Waals surface area contributed by atoms with Crippen LogP contribution in [0.25, 0.3) is 21.6 Å². The van der Waals surface area contributed by atoms with Gasteiger partial charge in [-0.2, -0.15) is 0 Å². The van der Waals surface area contributed by atoms with E-state index in [-0.39, 0.29) is 0 Å². The fraction of sp³-hybridized carbons (Fsp3) is 0.435. The zero-order valence-corrected chi connectivity index (χ0v) is 17.4. The van der Waals surface area contributed by atoms with Crippen molar-refractivity contribution in [1.29, 1.82) is 0 Å². The molecule has 6 heteroatoms. The molecule has 2 aliphatic heterocycles. The van der Waals surface area contributed by atoms with Crippen molar-refractivity contribution in [2.75, 3.05) is 31.1 Å². The smallest absolute Gasteiger partial charge is 0.222 e. The van der Waals surface area contributed by atoms with E-state index in [9.17, 15) is 4.79 Å². The predicted molar refractivity (Wildman–Crippen MR) is 118 cm³/mol. The highest BCUT2D eigenvalue weighted by molar-refractivity contribution is 7.13. The minimum atomic E-state index is 0.348. The average Bonchev–Trinajstić information content (AvgIpc) is 3.30. The lowest BCUT2D eigenvalue weighted by molar-refractivity contribution is -0.134. The first-order chi connectivity index (χ1) is 14.3. The highest BCUT2D eigenvalue weighted by atomic mass is 32.1. The van der Waals surface area contributed by atoms with Crippen molar-refractivity contribution in [3.8, 4) is 10.7 Å².